The van der Waals surface area contributed by atoms with Crippen molar-refractivity contribution in [3.05, 3.63) is 71.8 Å². The normalized spacial score (nSPS) is 26.7. The van der Waals surface area contributed by atoms with Crippen LogP contribution in [-0.4, -0.2) is 178 Å². The van der Waals surface area contributed by atoms with Crippen molar-refractivity contribution >= 4 is 53.2 Å². The molecule has 2 aromatic rings. The van der Waals surface area contributed by atoms with E-state index in [2.05, 4.69) is 16.0 Å². The fourth-order valence-corrected chi connectivity index (χ4v) is 10.1. The monoisotopic (exact) mass is 1070 g/mol. The minimum atomic E-state index is -1.96. The summed E-state index contributed by atoms with van der Waals surface area (Å²) >= 11 is 0. The number of carbonyl (C=O) groups excluding carboxylic acids is 9. The zero-order valence-corrected chi connectivity index (χ0v) is 48.0. The molecule has 2 saturated heterocycles. The number of likely N-dealkylation sites (N-methyl/N-ethyl adjacent to an activating group) is 4. The summed E-state index contributed by atoms with van der Waals surface area (Å²) < 4.78 is 6.01. The Hall–Kier alpha value is -6.37. The Morgan fingerprint density at radius 2 is 1.16 bits per heavy atom. The first-order chi connectivity index (χ1) is 36.2. The van der Waals surface area contributed by atoms with Crippen LogP contribution in [0.3, 0.4) is 0 Å². The molecule has 2 bridgehead atoms. The molecule has 0 radical (unpaired) electrons. The molecule has 0 saturated carbocycles. The van der Waals surface area contributed by atoms with Gasteiger partial charge >= 0.3 is 5.97 Å². The lowest BCUT2D eigenvalue weighted by Crippen LogP contribution is -2.62. The van der Waals surface area contributed by atoms with E-state index in [1.54, 1.807) is 43.0 Å². The third-order valence-corrected chi connectivity index (χ3v) is 15.5. The van der Waals surface area contributed by atoms with Gasteiger partial charge in [-0.1, -0.05) is 122 Å². The third-order valence-electron chi connectivity index (χ3n) is 15.5. The van der Waals surface area contributed by atoms with Gasteiger partial charge in [-0.15, -0.1) is 0 Å². The van der Waals surface area contributed by atoms with Gasteiger partial charge in [0.05, 0.1) is 11.5 Å². The van der Waals surface area contributed by atoms with Gasteiger partial charge in [0.25, 0.3) is 5.91 Å². The van der Waals surface area contributed by atoms with Gasteiger partial charge in [0.1, 0.15) is 36.3 Å². The van der Waals surface area contributed by atoms with Crippen molar-refractivity contribution in [3.8, 4) is 0 Å². The Kier molecular flexibility index (Phi) is 23.2. The zero-order chi connectivity index (χ0) is 57.6. The molecule has 77 heavy (non-hydrogen) atoms. The Morgan fingerprint density at radius 1 is 0.623 bits per heavy atom. The highest BCUT2D eigenvalue weighted by Crippen LogP contribution is 2.26. The van der Waals surface area contributed by atoms with Crippen LogP contribution in [0, 0.1) is 23.7 Å². The minimum absolute atomic E-state index is 0.000838. The van der Waals surface area contributed by atoms with Crippen LogP contribution in [-0.2, 0) is 60.7 Å². The fourth-order valence-electron chi connectivity index (χ4n) is 10.1. The molecule has 0 aliphatic carbocycles. The van der Waals surface area contributed by atoms with Gasteiger partial charge < -0.3 is 50.3 Å². The smallest absolute Gasteiger partial charge is 0.332 e. The predicted molar refractivity (Wildman–Crippen MR) is 292 cm³/mol. The molecule has 2 aliphatic rings. The van der Waals surface area contributed by atoms with Crippen LogP contribution in [0.25, 0.3) is 0 Å². The second kappa shape index (κ2) is 28.3. The first-order valence-electron chi connectivity index (χ1n) is 27.5. The molecule has 11 unspecified atom stereocenters. The molecular formula is C58H88N8O11. The van der Waals surface area contributed by atoms with Crippen LogP contribution in [0.4, 0.5) is 0 Å². The largest absolute Gasteiger partial charge is 0.450 e. The number of fused-ring (bicyclic) bond motifs is 2. The number of nitrogens with one attached hydrogen (secondary N) is 3. The SMILES string of the molecule is CCCC1C(=O)NC(CC(C)C)C(=O)N(C)C(C(C)(C)O)C(=O)OC(C(C)CC)C(=O)N(C)C(C)C(=O)NC(Cc2ccccc2)C(=O)N(C)C(Cc2ccccc2)C(=O)N2CCC(C2)C(=O)NC(C(C)CC)C(=O)N1C. The quantitative estimate of drug-likeness (QED) is 0.211. The molecule has 2 heterocycles. The molecule has 2 aliphatic heterocycles. The summed E-state index contributed by atoms with van der Waals surface area (Å²) in [7, 11) is 5.66. The molecule has 0 spiro atoms. The highest BCUT2D eigenvalue weighted by molar-refractivity contribution is 5.98. The van der Waals surface area contributed by atoms with Gasteiger partial charge in [-0.25, -0.2) is 4.79 Å². The number of aliphatic hydroxyl groups is 1. The second-order valence-corrected chi connectivity index (χ2v) is 22.4. The number of benzene rings is 2. The molecule has 19 heteroatoms. The van der Waals surface area contributed by atoms with E-state index in [1.165, 1.54) is 58.8 Å². The predicted octanol–water partition coefficient (Wildman–Crippen LogP) is 3.74. The Bertz CT molecular complexity index is 2360. The van der Waals surface area contributed by atoms with E-state index in [-0.39, 0.29) is 57.0 Å². The van der Waals surface area contributed by atoms with E-state index in [0.717, 1.165) is 15.4 Å². The van der Waals surface area contributed by atoms with Crippen molar-refractivity contribution < 1.29 is 53.0 Å². The number of hydrogen-bond donors (Lipinski definition) is 4. The molecule has 11 atom stereocenters. The molecule has 426 valence electrons. The lowest BCUT2D eigenvalue weighted by atomic mass is 9.94. The lowest BCUT2D eigenvalue weighted by molar-refractivity contribution is -0.177. The first kappa shape index (κ1) is 63.2. The topological polar surface area (TPSA) is 235 Å². The summed E-state index contributed by atoms with van der Waals surface area (Å²) in [6.07, 6.45) is 0.466. The highest BCUT2D eigenvalue weighted by Gasteiger charge is 2.47. The van der Waals surface area contributed by atoms with Crippen LogP contribution in [0.2, 0.25) is 0 Å². The van der Waals surface area contributed by atoms with Crippen molar-refractivity contribution in [1.82, 2.24) is 40.4 Å². The van der Waals surface area contributed by atoms with Gasteiger partial charge in [-0.3, -0.25) is 38.4 Å². The van der Waals surface area contributed by atoms with E-state index >= 15 is 4.79 Å². The number of nitrogens with zero attached hydrogens (tertiary/aromatic N) is 5. The molecule has 19 nitrogen and oxygen atoms in total. The summed E-state index contributed by atoms with van der Waals surface area (Å²) in [5.41, 5.74) is -0.497. The minimum Gasteiger partial charge on any atom is -0.450 e. The summed E-state index contributed by atoms with van der Waals surface area (Å²) in [6.45, 7) is 17.0. The number of amides is 8. The number of carbonyl (C=O) groups is 9. The number of cyclic esters (lactones) is 1. The van der Waals surface area contributed by atoms with Crippen molar-refractivity contribution in [2.24, 2.45) is 23.7 Å². The van der Waals surface area contributed by atoms with Gasteiger partial charge in [-0.05, 0) is 69.4 Å². The van der Waals surface area contributed by atoms with Crippen LogP contribution in [0.15, 0.2) is 60.7 Å². The number of esters is 1. The zero-order valence-electron chi connectivity index (χ0n) is 48.0. The van der Waals surface area contributed by atoms with Gasteiger partial charge in [0, 0.05) is 60.0 Å². The van der Waals surface area contributed by atoms with E-state index in [1.807, 2.05) is 71.0 Å². The second-order valence-electron chi connectivity index (χ2n) is 22.4. The summed E-state index contributed by atoms with van der Waals surface area (Å²) in [5, 5.41) is 20.3. The van der Waals surface area contributed by atoms with E-state index < -0.39 is 119 Å². The maximum Gasteiger partial charge on any atom is 0.332 e. The number of hydrogen-bond acceptors (Lipinski definition) is 11. The average Bonchev–Trinajstić information content (AvgIpc) is 3.90. The van der Waals surface area contributed by atoms with Gasteiger partial charge in [0.15, 0.2) is 12.1 Å². The van der Waals surface area contributed by atoms with Crippen LogP contribution < -0.4 is 16.0 Å². The number of rotatable bonds is 13. The van der Waals surface area contributed by atoms with Crippen molar-refractivity contribution in [2.45, 2.75) is 175 Å². The van der Waals surface area contributed by atoms with Crippen molar-refractivity contribution in [3.63, 3.8) is 0 Å². The van der Waals surface area contributed by atoms with Crippen molar-refractivity contribution in [2.75, 3.05) is 41.3 Å². The molecule has 4 N–H and O–H groups in total. The maximum absolute atomic E-state index is 15.0. The average molecular weight is 1070 g/mol. The molecule has 2 aromatic carbocycles. The van der Waals surface area contributed by atoms with Crippen molar-refractivity contribution in [1.29, 1.82) is 0 Å². The van der Waals surface area contributed by atoms with Crippen LogP contribution in [0.1, 0.15) is 119 Å². The summed E-state index contributed by atoms with van der Waals surface area (Å²) in [6, 6.07) is 9.50. The molecule has 4 rings (SSSR count). The number of ether oxygens (including phenoxy) is 1. The Balaban J connectivity index is 1.89. The Morgan fingerprint density at radius 3 is 1.69 bits per heavy atom. The molecule has 0 aromatic heterocycles. The van der Waals surface area contributed by atoms with Crippen LogP contribution >= 0.6 is 0 Å². The summed E-state index contributed by atoms with van der Waals surface area (Å²) in [4.78, 5) is 138. The van der Waals surface area contributed by atoms with Crippen LogP contribution in [0.5, 0.6) is 0 Å². The third kappa shape index (κ3) is 16.3. The van der Waals surface area contributed by atoms with E-state index in [9.17, 15) is 43.5 Å². The molecular weight excluding hydrogens is 985 g/mol. The highest BCUT2D eigenvalue weighted by atomic mass is 16.6. The van der Waals surface area contributed by atoms with E-state index in [0.29, 0.717) is 24.8 Å². The maximum atomic E-state index is 15.0. The first-order valence-corrected chi connectivity index (χ1v) is 27.5. The molecule has 2 fully saturated rings. The standard InChI is InChI=1S/C58H88N8O11/c1-15-24-44-51(69)60-42(31-35(4)5)53(71)65(14)48(58(9,10)76)57(75)77-47(37(7)17-3)56(74)62(11)38(8)49(67)59-43(32-39-25-20-18-21-26-39)52(70)64(13)45(33-40-27-22-19-23-28-40)54(72)66-30-29-41(34-66)50(68)61-46(36(6)16-2)55(73)63(44)12/h18-23,25-28,35-38,41-48,76H,15-17,24,29-34H2,1-14H3,(H,59,67)(H,60,69)(H,61,68). The van der Waals surface area contributed by atoms with E-state index in [4.69, 9.17) is 4.74 Å². The molecule has 8 amide bonds. The van der Waals surface area contributed by atoms with Gasteiger partial charge in [-0.2, -0.15) is 0 Å². The summed E-state index contributed by atoms with van der Waals surface area (Å²) in [5.74, 6) is -7.88. The fraction of sp³-hybridized carbons (Fsp3) is 0.638. The van der Waals surface area contributed by atoms with Gasteiger partial charge in [0.2, 0.25) is 41.4 Å². The lowest BCUT2D eigenvalue weighted by Gasteiger charge is -2.39. The Labute approximate surface area is 456 Å².